The van der Waals surface area contributed by atoms with E-state index in [-0.39, 0.29) is 11.3 Å². The molecule has 0 aromatic carbocycles. The van der Waals surface area contributed by atoms with Crippen molar-refractivity contribution in [2.75, 3.05) is 6.54 Å². The smallest absolute Gasteiger partial charge is 0.220 e. The second kappa shape index (κ2) is 7.24. The summed E-state index contributed by atoms with van der Waals surface area (Å²) in [4.78, 5) is 15.9. The Hall–Kier alpha value is -1.42. The zero-order chi connectivity index (χ0) is 14.3. The summed E-state index contributed by atoms with van der Waals surface area (Å²) < 4.78 is 0. The molecule has 3 N–H and O–H groups in total. The number of rotatable bonds is 7. The van der Waals surface area contributed by atoms with Crippen molar-refractivity contribution in [3.8, 4) is 0 Å². The van der Waals surface area contributed by atoms with Crippen LogP contribution in [-0.4, -0.2) is 17.4 Å². The van der Waals surface area contributed by atoms with Crippen LogP contribution in [0.5, 0.6) is 0 Å². The SMILES string of the molecule is Cc1cnccc1CNC(=O)CCC(C)(C)CCN. The van der Waals surface area contributed by atoms with E-state index in [1.54, 1.807) is 6.20 Å². The van der Waals surface area contributed by atoms with Crippen LogP contribution in [0, 0.1) is 12.3 Å². The first-order chi connectivity index (χ1) is 8.94. The van der Waals surface area contributed by atoms with Crippen LogP contribution in [0.4, 0.5) is 0 Å². The Bertz CT molecular complexity index is 416. The number of hydrogen-bond acceptors (Lipinski definition) is 3. The molecule has 0 bridgehead atoms. The van der Waals surface area contributed by atoms with Crippen molar-refractivity contribution in [1.82, 2.24) is 10.3 Å². The van der Waals surface area contributed by atoms with Gasteiger partial charge < -0.3 is 11.1 Å². The number of nitrogens with two attached hydrogens (primary N) is 1. The fraction of sp³-hybridized carbons (Fsp3) is 0.600. The predicted octanol–water partition coefficient (Wildman–Crippen LogP) is 2.16. The van der Waals surface area contributed by atoms with Gasteiger partial charge in [0.15, 0.2) is 0 Å². The minimum atomic E-state index is 0.0984. The van der Waals surface area contributed by atoms with Gasteiger partial charge >= 0.3 is 0 Å². The van der Waals surface area contributed by atoms with E-state index in [1.165, 1.54) is 0 Å². The largest absolute Gasteiger partial charge is 0.352 e. The van der Waals surface area contributed by atoms with Gasteiger partial charge in [-0.1, -0.05) is 13.8 Å². The third kappa shape index (κ3) is 5.83. The van der Waals surface area contributed by atoms with Gasteiger partial charge in [0.1, 0.15) is 0 Å². The molecule has 0 saturated carbocycles. The third-order valence-electron chi connectivity index (χ3n) is 3.46. The van der Waals surface area contributed by atoms with Crippen molar-refractivity contribution in [2.24, 2.45) is 11.1 Å². The van der Waals surface area contributed by atoms with Gasteiger partial charge in [0.05, 0.1) is 0 Å². The summed E-state index contributed by atoms with van der Waals surface area (Å²) in [5, 5.41) is 2.96. The van der Waals surface area contributed by atoms with E-state index in [1.807, 2.05) is 19.2 Å². The Morgan fingerprint density at radius 1 is 1.42 bits per heavy atom. The molecule has 0 radical (unpaired) electrons. The molecule has 4 nitrogen and oxygen atoms in total. The number of hydrogen-bond donors (Lipinski definition) is 2. The van der Waals surface area contributed by atoms with Gasteiger partial charge in [-0.2, -0.15) is 0 Å². The Kier molecular flexibility index (Phi) is 5.96. The summed E-state index contributed by atoms with van der Waals surface area (Å²) in [5.41, 5.74) is 7.92. The molecule has 0 fully saturated rings. The predicted molar refractivity (Wildman–Crippen MR) is 77.5 cm³/mol. The normalized spacial score (nSPS) is 11.4. The minimum Gasteiger partial charge on any atom is -0.352 e. The lowest BCUT2D eigenvalue weighted by atomic mass is 9.84. The van der Waals surface area contributed by atoms with Gasteiger partial charge in [0.2, 0.25) is 5.91 Å². The first-order valence-corrected chi connectivity index (χ1v) is 6.81. The molecule has 0 spiro atoms. The van der Waals surface area contributed by atoms with Crippen molar-refractivity contribution in [3.63, 3.8) is 0 Å². The Labute approximate surface area is 115 Å². The highest BCUT2D eigenvalue weighted by Gasteiger charge is 2.18. The number of nitrogens with one attached hydrogen (secondary N) is 1. The maximum absolute atomic E-state index is 11.8. The molecule has 4 heteroatoms. The Balaban J connectivity index is 2.35. The van der Waals surface area contributed by atoms with Crippen LogP contribution < -0.4 is 11.1 Å². The second-order valence-electron chi connectivity index (χ2n) is 5.78. The van der Waals surface area contributed by atoms with Gasteiger partial charge in [-0.15, -0.1) is 0 Å². The fourth-order valence-corrected chi connectivity index (χ4v) is 1.95. The van der Waals surface area contributed by atoms with Crippen LogP contribution in [0.25, 0.3) is 0 Å². The third-order valence-corrected chi connectivity index (χ3v) is 3.46. The topological polar surface area (TPSA) is 68.0 Å². The maximum atomic E-state index is 11.8. The van der Waals surface area contributed by atoms with Crippen molar-refractivity contribution < 1.29 is 4.79 Å². The number of amides is 1. The maximum Gasteiger partial charge on any atom is 0.220 e. The second-order valence-corrected chi connectivity index (χ2v) is 5.78. The molecule has 0 unspecified atom stereocenters. The van der Waals surface area contributed by atoms with Gasteiger partial charge in [-0.3, -0.25) is 9.78 Å². The zero-order valence-corrected chi connectivity index (χ0v) is 12.2. The molecule has 0 aliphatic carbocycles. The lowest BCUT2D eigenvalue weighted by Gasteiger charge is -2.23. The molecule has 0 aliphatic heterocycles. The highest BCUT2D eigenvalue weighted by molar-refractivity contribution is 5.75. The standard InChI is InChI=1S/C15H25N3O/c1-12-10-17-9-5-13(12)11-18-14(19)4-6-15(2,3)7-8-16/h5,9-10H,4,6-8,11,16H2,1-3H3,(H,18,19). The number of aromatic nitrogens is 1. The van der Waals surface area contributed by atoms with Crippen molar-refractivity contribution >= 4 is 5.91 Å². The average Bonchev–Trinajstić information content (AvgIpc) is 2.35. The van der Waals surface area contributed by atoms with E-state index in [0.717, 1.165) is 24.0 Å². The first-order valence-electron chi connectivity index (χ1n) is 6.81. The van der Waals surface area contributed by atoms with Gasteiger partial charge in [-0.25, -0.2) is 0 Å². The van der Waals surface area contributed by atoms with Crippen molar-refractivity contribution in [3.05, 3.63) is 29.6 Å². The number of pyridine rings is 1. The summed E-state index contributed by atoms with van der Waals surface area (Å²) in [7, 11) is 0. The quantitative estimate of drug-likeness (QED) is 0.792. The van der Waals surface area contributed by atoms with Crippen LogP contribution in [0.1, 0.15) is 44.2 Å². The lowest BCUT2D eigenvalue weighted by molar-refractivity contribution is -0.121. The van der Waals surface area contributed by atoms with E-state index in [2.05, 4.69) is 24.1 Å². The van der Waals surface area contributed by atoms with Crippen LogP contribution >= 0.6 is 0 Å². The summed E-state index contributed by atoms with van der Waals surface area (Å²) in [6, 6.07) is 1.94. The number of aryl methyl sites for hydroxylation is 1. The van der Waals surface area contributed by atoms with Crippen LogP contribution in [0.15, 0.2) is 18.5 Å². The molecular formula is C15H25N3O. The zero-order valence-electron chi connectivity index (χ0n) is 12.2. The van der Waals surface area contributed by atoms with E-state index >= 15 is 0 Å². The van der Waals surface area contributed by atoms with E-state index in [9.17, 15) is 4.79 Å². The molecule has 106 valence electrons. The van der Waals surface area contributed by atoms with Crippen LogP contribution in [0.3, 0.4) is 0 Å². The van der Waals surface area contributed by atoms with Gasteiger partial charge in [0, 0.05) is 25.4 Å². The van der Waals surface area contributed by atoms with Crippen LogP contribution in [-0.2, 0) is 11.3 Å². The highest BCUT2D eigenvalue weighted by atomic mass is 16.1. The fourth-order valence-electron chi connectivity index (χ4n) is 1.95. The average molecular weight is 263 g/mol. The molecule has 1 amide bonds. The highest BCUT2D eigenvalue weighted by Crippen LogP contribution is 2.25. The molecule has 1 aromatic heterocycles. The van der Waals surface area contributed by atoms with E-state index in [0.29, 0.717) is 19.5 Å². The molecular weight excluding hydrogens is 238 g/mol. The van der Waals surface area contributed by atoms with Crippen molar-refractivity contribution in [1.29, 1.82) is 0 Å². The number of nitrogens with zero attached hydrogens (tertiary/aromatic N) is 1. The van der Waals surface area contributed by atoms with Crippen molar-refractivity contribution in [2.45, 2.75) is 46.6 Å². The lowest BCUT2D eigenvalue weighted by Crippen LogP contribution is -2.26. The molecule has 1 rings (SSSR count). The number of carbonyl (C=O) groups is 1. The monoisotopic (exact) mass is 263 g/mol. The molecule has 0 aliphatic rings. The minimum absolute atomic E-state index is 0.0984. The molecule has 0 saturated heterocycles. The number of carbonyl (C=O) groups excluding carboxylic acids is 1. The molecule has 1 heterocycles. The van der Waals surface area contributed by atoms with Gasteiger partial charge in [-0.05, 0) is 48.9 Å². The molecule has 1 aromatic rings. The summed E-state index contributed by atoms with van der Waals surface area (Å²) in [6.07, 6.45) is 5.93. The first kappa shape index (κ1) is 15.6. The summed E-state index contributed by atoms with van der Waals surface area (Å²) in [6.45, 7) is 7.55. The van der Waals surface area contributed by atoms with Crippen LogP contribution in [0.2, 0.25) is 0 Å². The molecule has 19 heavy (non-hydrogen) atoms. The molecule has 0 atom stereocenters. The van der Waals surface area contributed by atoms with E-state index in [4.69, 9.17) is 5.73 Å². The van der Waals surface area contributed by atoms with Gasteiger partial charge in [0.25, 0.3) is 0 Å². The van der Waals surface area contributed by atoms with E-state index < -0.39 is 0 Å². The summed E-state index contributed by atoms with van der Waals surface area (Å²) >= 11 is 0. The Morgan fingerprint density at radius 2 is 2.16 bits per heavy atom. The summed E-state index contributed by atoms with van der Waals surface area (Å²) in [5.74, 6) is 0.0984. The Morgan fingerprint density at radius 3 is 2.79 bits per heavy atom.